The lowest BCUT2D eigenvalue weighted by Crippen LogP contribution is -2.40. The van der Waals surface area contributed by atoms with Gasteiger partial charge in [0.1, 0.15) is 6.04 Å². The highest BCUT2D eigenvalue weighted by Gasteiger charge is 2.35. The summed E-state index contributed by atoms with van der Waals surface area (Å²) in [6.07, 6.45) is 7.69. The Balaban J connectivity index is 2.23. The maximum atomic E-state index is 11.2. The largest absolute Gasteiger partial charge is 0.368 e. The molecule has 0 radical (unpaired) electrons. The summed E-state index contributed by atoms with van der Waals surface area (Å²) in [6, 6.07) is -0.547. The van der Waals surface area contributed by atoms with Gasteiger partial charge in [-0.2, -0.15) is 0 Å². The molecule has 78 valence electrons. The van der Waals surface area contributed by atoms with Crippen LogP contribution in [0.15, 0.2) is 17.1 Å². The summed E-state index contributed by atoms with van der Waals surface area (Å²) in [5, 5.41) is 0. The quantitative estimate of drug-likeness (QED) is 0.631. The van der Waals surface area contributed by atoms with Crippen LogP contribution in [0.4, 0.5) is 0 Å². The average Bonchev–Trinajstić information content (AvgIpc) is 2.98. The lowest BCUT2D eigenvalue weighted by atomic mass is 9.81. The molecule has 2 N–H and O–H groups in total. The van der Waals surface area contributed by atoms with Gasteiger partial charge in [-0.25, -0.2) is 0 Å². The van der Waals surface area contributed by atoms with E-state index in [0.29, 0.717) is 5.92 Å². The first-order valence-electron chi connectivity index (χ1n) is 5.15. The van der Waals surface area contributed by atoms with E-state index in [9.17, 15) is 4.79 Å². The van der Waals surface area contributed by atoms with E-state index in [-0.39, 0.29) is 0 Å². The minimum absolute atomic E-state index is 0.414. The van der Waals surface area contributed by atoms with Crippen LogP contribution in [0.2, 0.25) is 0 Å². The third-order valence-corrected chi connectivity index (χ3v) is 2.72. The van der Waals surface area contributed by atoms with Crippen LogP contribution < -0.4 is 5.73 Å². The van der Waals surface area contributed by atoms with Gasteiger partial charge in [-0.05, 0) is 25.8 Å². The third kappa shape index (κ3) is 2.10. The van der Waals surface area contributed by atoms with Crippen LogP contribution in [0.1, 0.15) is 19.8 Å². The van der Waals surface area contributed by atoms with E-state index in [1.165, 1.54) is 12.8 Å². The number of carbonyl (C=O) groups is 1. The number of rotatable bonds is 1. The van der Waals surface area contributed by atoms with Gasteiger partial charge in [0, 0.05) is 12.1 Å². The maximum absolute atomic E-state index is 11.2. The summed E-state index contributed by atoms with van der Waals surface area (Å²) in [5.41, 5.74) is 4.79. The second kappa shape index (κ2) is 3.54. The van der Waals surface area contributed by atoms with Crippen LogP contribution in [0.25, 0.3) is 0 Å². The molecular weight excluding hydrogens is 188 g/mol. The van der Waals surface area contributed by atoms with Crippen molar-refractivity contribution in [3.8, 4) is 11.8 Å². The van der Waals surface area contributed by atoms with Gasteiger partial charge in [-0.1, -0.05) is 17.9 Å². The van der Waals surface area contributed by atoms with Crippen LogP contribution in [0.3, 0.4) is 0 Å². The van der Waals surface area contributed by atoms with Crippen molar-refractivity contribution < 1.29 is 4.79 Å². The van der Waals surface area contributed by atoms with Gasteiger partial charge in [-0.3, -0.25) is 9.79 Å². The molecule has 3 nitrogen and oxygen atoms in total. The highest BCUT2D eigenvalue weighted by Crippen LogP contribution is 2.31. The van der Waals surface area contributed by atoms with E-state index in [4.69, 9.17) is 5.73 Å². The van der Waals surface area contributed by atoms with Crippen LogP contribution in [-0.2, 0) is 4.79 Å². The Hall–Kier alpha value is -1.56. The van der Waals surface area contributed by atoms with Gasteiger partial charge < -0.3 is 5.73 Å². The molecule has 2 atom stereocenters. The third-order valence-electron chi connectivity index (χ3n) is 2.72. The molecule has 1 fully saturated rings. The monoisotopic (exact) mass is 202 g/mol. The molecule has 0 saturated heterocycles. The van der Waals surface area contributed by atoms with Crippen LogP contribution in [0, 0.1) is 23.2 Å². The van der Waals surface area contributed by atoms with Gasteiger partial charge >= 0.3 is 0 Å². The maximum Gasteiger partial charge on any atom is 0.244 e. The molecule has 2 aliphatic rings. The lowest BCUT2D eigenvalue weighted by Gasteiger charge is -2.26. The molecule has 0 aromatic carbocycles. The van der Waals surface area contributed by atoms with Crippen molar-refractivity contribution in [2.75, 3.05) is 0 Å². The summed E-state index contributed by atoms with van der Waals surface area (Å²) in [5.74, 6) is 6.42. The fourth-order valence-electron chi connectivity index (χ4n) is 1.59. The number of hydrogen-bond acceptors (Lipinski definition) is 2. The van der Waals surface area contributed by atoms with Crippen molar-refractivity contribution in [3.63, 3.8) is 0 Å². The number of allylic oxidation sites excluding steroid dienone is 1. The molecule has 0 aromatic rings. The van der Waals surface area contributed by atoms with Crippen molar-refractivity contribution in [2.24, 2.45) is 22.1 Å². The van der Waals surface area contributed by atoms with Crippen LogP contribution in [0.5, 0.6) is 0 Å². The Bertz CT molecular complexity index is 396. The number of hydrogen-bond donors (Lipinski definition) is 1. The summed E-state index contributed by atoms with van der Waals surface area (Å²) in [6.45, 7) is 1.91. The summed E-state index contributed by atoms with van der Waals surface area (Å²) < 4.78 is 0. The average molecular weight is 202 g/mol. The molecule has 1 heterocycles. The Morgan fingerprint density at radius 2 is 2.33 bits per heavy atom. The molecule has 15 heavy (non-hydrogen) atoms. The number of amides is 1. The molecular formula is C12H14N2O. The summed E-state index contributed by atoms with van der Waals surface area (Å²) in [4.78, 5) is 15.3. The van der Waals surface area contributed by atoms with Crippen molar-refractivity contribution in [3.05, 3.63) is 12.2 Å². The topological polar surface area (TPSA) is 55.4 Å². The Kier molecular flexibility index (Phi) is 2.36. The molecule has 1 aliphatic carbocycles. The van der Waals surface area contributed by atoms with E-state index in [1.807, 2.05) is 19.1 Å². The number of dihydropyridines is 1. The van der Waals surface area contributed by atoms with E-state index in [2.05, 4.69) is 16.8 Å². The number of aliphatic imine (C=N–C) groups is 1. The molecule has 0 bridgehead atoms. The standard InChI is InChI=1S/C12H14N2O/c1-12(7-5-9-3-4-9)6-2-8-14-10(12)11(13)15/h2,6,8-10H,3-4H2,1H3,(H2,13,15). The molecule has 2 rings (SSSR count). The smallest absolute Gasteiger partial charge is 0.244 e. The first-order valence-corrected chi connectivity index (χ1v) is 5.15. The van der Waals surface area contributed by atoms with Crippen molar-refractivity contribution >= 4 is 12.1 Å². The fourth-order valence-corrected chi connectivity index (χ4v) is 1.59. The minimum Gasteiger partial charge on any atom is -0.368 e. The van der Waals surface area contributed by atoms with Gasteiger partial charge in [0.15, 0.2) is 0 Å². The van der Waals surface area contributed by atoms with Crippen LogP contribution >= 0.6 is 0 Å². The van der Waals surface area contributed by atoms with Crippen molar-refractivity contribution in [2.45, 2.75) is 25.8 Å². The number of nitrogens with two attached hydrogens (primary N) is 1. The lowest BCUT2D eigenvalue weighted by molar-refractivity contribution is -0.120. The Labute approximate surface area is 89.4 Å². The number of carbonyl (C=O) groups excluding carboxylic acids is 1. The second-order valence-corrected chi connectivity index (χ2v) is 4.29. The molecule has 1 aliphatic heterocycles. The second-order valence-electron chi connectivity index (χ2n) is 4.29. The van der Waals surface area contributed by atoms with Crippen molar-refractivity contribution in [1.29, 1.82) is 0 Å². The zero-order chi connectivity index (χ0) is 10.9. The fraction of sp³-hybridized carbons (Fsp3) is 0.500. The highest BCUT2D eigenvalue weighted by atomic mass is 16.1. The van der Waals surface area contributed by atoms with Crippen molar-refractivity contribution in [1.82, 2.24) is 0 Å². The SMILES string of the molecule is CC1(C#CC2CC2)C=CC=NC1C(N)=O. The van der Waals surface area contributed by atoms with Crippen LogP contribution in [-0.4, -0.2) is 18.2 Å². The molecule has 2 unspecified atom stereocenters. The summed E-state index contributed by atoms with van der Waals surface area (Å²) >= 11 is 0. The highest BCUT2D eigenvalue weighted by molar-refractivity contribution is 5.87. The molecule has 3 heteroatoms. The zero-order valence-electron chi connectivity index (χ0n) is 8.73. The number of nitrogens with zero attached hydrogens (tertiary/aromatic N) is 1. The van der Waals surface area contributed by atoms with E-state index in [1.54, 1.807) is 6.21 Å². The van der Waals surface area contributed by atoms with Gasteiger partial charge in [0.25, 0.3) is 0 Å². The minimum atomic E-state index is -0.547. The first kappa shape index (κ1) is 9.97. The van der Waals surface area contributed by atoms with Gasteiger partial charge in [0.2, 0.25) is 5.91 Å². The predicted octanol–water partition coefficient (Wildman–Crippen LogP) is 0.901. The van der Waals surface area contributed by atoms with Gasteiger partial charge in [0.05, 0.1) is 5.41 Å². The molecule has 0 spiro atoms. The Morgan fingerprint density at radius 1 is 1.60 bits per heavy atom. The Morgan fingerprint density at radius 3 is 2.93 bits per heavy atom. The number of primary amides is 1. The first-order chi connectivity index (χ1) is 7.12. The summed E-state index contributed by atoms with van der Waals surface area (Å²) in [7, 11) is 0. The van der Waals surface area contributed by atoms with E-state index in [0.717, 1.165) is 0 Å². The molecule has 1 amide bonds. The van der Waals surface area contributed by atoms with Gasteiger partial charge in [-0.15, -0.1) is 0 Å². The predicted molar refractivity (Wildman–Crippen MR) is 59.2 cm³/mol. The molecule has 0 aromatic heterocycles. The normalized spacial score (nSPS) is 33.3. The zero-order valence-corrected chi connectivity index (χ0v) is 8.73. The van der Waals surface area contributed by atoms with E-state index >= 15 is 0 Å². The van der Waals surface area contributed by atoms with E-state index < -0.39 is 17.4 Å². The molecule has 1 saturated carbocycles.